The summed E-state index contributed by atoms with van der Waals surface area (Å²) in [6.07, 6.45) is 6.07. The van der Waals surface area contributed by atoms with Gasteiger partial charge in [0.15, 0.2) is 9.84 Å². The third-order valence-electron chi connectivity index (χ3n) is 5.43. The molecule has 2 aliphatic heterocycles. The monoisotopic (exact) mass is 377 g/mol. The van der Waals surface area contributed by atoms with Crippen molar-refractivity contribution in [3.05, 3.63) is 35.9 Å². The van der Waals surface area contributed by atoms with Gasteiger partial charge in [-0.25, -0.2) is 18.4 Å². The van der Waals surface area contributed by atoms with E-state index in [0.29, 0.717) is 32.1 Å². The van der Waals surface area contributed by atoms with Gasteiger partial charge in [-0.05, 0) is 19.4 Å². The molecule has 2 saturated heterocycles. The second kappa shape index (κ2) is 6.31. The first-order valence-electron chi connectivity index (χ1n) is 8.73. The van der Waals surface area contributed by atoms with Crippen LogP contribution < -0.4 is 4.74 Å². The lowest BCUT2D eigenvalue weighted by Gasteiger charge is -2.49. The van der Waals surface area contributed by atoms with Gasteiger partial charge in [0.25, 0.3) is 0 Å². The SMILES string of the molecule is Cc1ccnc(OC[C@@H]2CCS(=O)(=O)C23CN(Cc2cnn(C)c2)C3)n1. The van der Waals surface area contributed by atoms with Gasteiger partial charge in [-0.1, -0.05) is 0 Å². The molecule has 0 bridgehead atoms. The van der Waals surface area contributed by atoms with Gasteiger partial charge in [-0.3, -0.25) is 9.58 Å². The van der Waals surface area contributed by atoms with E-state index < -0.39 is 14.6 Å². The summed E-state index contributed by atoms with van der Waals surface area (Å²) in [5.74, 6) is 0.206. The van der Waals surface area contributed by atoms with Gasteiger partial charge in [0.1, 0.15) is 4.75 Å². The maximum Gasteiger partial charge on any atom is 0.316 e. The van der Waals surface area contributed by atoms with Crippen molar-refractivity contribution < 1.29 is 13.2 Å². The van der Waals surface area contributed by atoms with Crippen LogP contribution in [0.1, 0.15) is 17.7 Å². The zero-order valence-corrected chi connectivity index (χ0v) is 15.8. The molecule has 0 saturated carbocycles. The maximum atomic E-state index is 12.7. The molecule has 4 rings (SSSR count). The van der Waals surface area contributed by atoms with Crippen LogP contribution in [-0.4, -0.2) is 63.3 Å². The Kier molecular flexibility index (Phi) is 4.23. The van der Waals surface area contributed by atoms with Gasteiger partial charge in [-0.15, -0.1) is 0 Å². The van der Waals surface area contributed by atoms with E-state index in [1.54, 1.807) is 16.9 Å². The lowest BCUT2D eigenvalue weighted by atomic mass is 9.83. The van der Waals surface area contributed by atoms with Crippen molar-refractivity contribution in [2.45, 2.75) is 24.6 Å². The molecule has 1 atom stereocenters. The van der Waals surface area contributed by atoms with Crippen molar-refractivity contribution in [1.29, 1.82) is 0 Å². The van der Waals surface area contributed by atoms with Gasteiger partial charge in [-0.2, -0.15) is 5.10 Å². The van der Waals surface area contributed by atoms with Gasteiger partial charge >= 0.3 is 6.01 Å². The lowest BCUT2D eigenvalue weighted by molar-refractivity contribution is 0.0571. The number of hydrogen-bond acceptors (Lipinski definition) is 7. The average Bonchev–Trinajstić information content (AvgIpc) is 3.07. The number of aryl methyl sites for hydroxylation is 2. The predicted octanol–water partition coefficient (Wildman–Crippen LogP) is 0.587. The minimum absolute atomic E-state index is 0.0261. The van der Waals surface area contributed by atoms with E-state index in [0.717, 1.165) is 17.8 Å². The topological polar surface area (TPSA) is 90.2 Å². The summed E-state index contributed by atoms with van der Waals surface area (Å²) in [5.41, 5.74) is 1.92. The molecule has 4 heterocycles. The first-order valence-corrected chi connectivity index (χ1v) is 10.4. The van der Waals surface area contributed by atoms with Crippen LogP contribution in [0.2, 0.25) is 0 Å². The summed E-state index contributed by atoms with van der Waals surface area (Å²) in [6, 6.07) is 2.12. The zero-order chi connectivity index (χ0) is 18.4. The molecule has 2 aromatic heterocycles. The van der Waals surface area contributed by atoms with Gasteiger partial charge in [0.05, 0.1) is 18.6 Å². The molecule has 0 aromatic carbocycles. The average molecular weight is 377 g/mol. The number of nitrogens with zero attached hydrogens (tertiary/aromatic N) is 5. The maximum absolute atomic E-state index is 12.7. The molecular weight excluding hydrogens is 354 g/mol. The normalized spacial score (nSPS) is 23.8. The third kappa shape index (κ3) is 2.99. The summed E-state index contributed by atoms with van der Waals surface area (Å²) in [5, 5.41) is 4.17. The highest BCUT2D eigenvalue weighted by Crippen LogP contribution is 2.45. The molecule has 0 aliphatic carbocycles. The summed E-state index contributed by atoms with van der Waals surface area (Å²) in [6.45, 7) is 4.03. The summed E-state index contributed by atoms with van der Waals surface area (Å²) in [7, 11) is -1.24. The number of hydrogen-bond donors (Lipinski definition) is 0. The van der Waals surface area contributed by atoms with Crippen LogP contribution in [0, 0.1) is 12.8 Å². The highest BCUT2D eigenvalue weighted by atomic mass is 32.2. The molecule has 1 spiro atoms. The Bertz CT molecular complexity index is 905. The van der Waals surface area contributed by atoms with E-state index in [1.165, 1.54) is 0 Å². The first-order chi connectivity index (χ1) is 12.4. The fraction of sp³-hybridized carbons (Fsp3) is 0.588. The van der Waals surface area contributed by atoms with Crippen molar-refractivity contribution in [2.75, 3.05) is 25.4 Å². The van der Waals surface area contributed by atoms with Crippen molar-refractivity contribution in [1.82, 2.24) is 24.6 Å². The Morgan fingerprint density at radius 1 is 1.38 bits per heavy atom. The number of likely N-dealkylation sites (tertiary alicyclic amines) is 1. The van der Waals surface area contributed by atoms with Crippen molar-refractivity contribution in [3.8, 4) is 6.01 Å². The molecule has 26 heavy (non-hydrogen) atoms. The van der Waals surface area contributed by atoms with Crippen molar-refractivity contribution in [3.63, 3.8) is 0 Å². The van der Waals surface area contributed by atoms with E-state index >= 15 is 0 Å². The molecule has 0 N–H and O–H groups in total. The van der Waals surface area contributed by atoms with Crippen LogP contribution in [0.15, 0.2) is 24.7 Å². The predicted molar refractivity (Wildman–Crippen MR) is 95.4 cm³/mol. The van der Waals surface area contributed by atoms with Crippen LogP contribution in [0.5, 0.6) is 6.01 Å². The Labute approximate surface area is 153 Å². The van der Waals surface area contributed by atoms with Crippen molar-refractivity contribution in [2.24, 2.45) is 13.0 Å². The molecule has 9 heteroatoms. The highest BCUT2D eigenvalue weighted by Gasteiger charge is 2.61. The van der Waals surface area contributed by atoms with E-state index in [4.69, 9.17) is 4.74 Å². The van der Waals surface area contributed by atoms with Crippen LogP contribution in [0.25, 0.3) is 0 Å². The van der Waals surface area contributed by atoms with Crippen LogP contribution >= 0.6 is 0 Å². The second-order valence-corrected chi connectivity index (χ2v) is 9.78. The molecule has 2 aliphatic rings. The standard InChI is InChI=1S/C17H23N5O3S/c1-13-3-5-18-16(20-13)25-10-15-4-6-26(23,24)17(15)11-22(12-17)9-14-7-19-21(2)8-14/h3,5,7-8,15H,4,6,9-12H2,1-2H3/t15-/m0/s1. The summed E-state index contributed by atoms with van der Waals surface area (Å²) in [4.78, 5) is 10.5. The smallest absolute Gasteiger partial charge is 0.316 e. The Morgan fingerprint density at radius 3 is 2.88 bits per heavy atom. The molecule has 0 amide bonds. The molecule has 2 fully saturated rings. The fourth-order valence-electron chi connectivity index (χ4n) is 4.01. The van der Waals surface area contributed by atoms with Gasteiger partial charge in [0, 0.05) is 56.3 Å². The Morgan fingerprint density at radius 2 is 2.19 bits per heavy atom. The Hall–Kier alpha value is -2.00. The third-order valence-corrected chi connectivity index (χ3v) is 8.04. The quantitative estimate of drug-likeness (QED) is 0.753. The van der Waals surface area contributed by atoms with E-state index in [1.807, 2.05) is 26.4 Å². The van der Waals surface area contributed by atoms with E-state index in [-0.39, 0.29) is 11.7 Å². The molecule has 140 valence electrons. The highest BCUT2D eigenvalue weighted by molar-refractivity contribution is 7.93. The minimum atomic E-state index is -3.11. The van der Waals surface area contributed by atoms with Crippen LogP contribution in [0.3, 0.4) is 0 Å². The van der Waals surface area contributed by atoms with Crippen molar-refractivity contribution >= 4 is 9.84 Å². The number of ether oxygens (including phenoxy) is 1. The largest absolute Gasteiger partial charge is 0.463 e. The van der Waals surface area contributed by atoms with Gasteiger partial charge in [0.2, 0.25) is 0 Å². The van der Waals surface area contributed by atoms with Gasteiger partial charge < -0.3 is 4.74 Å². The van der Waals surface area contributed by atoms with E-state index in [9.17, 15) is 8.42 Å². The van der Waals surface area contributed by atoms with E-state index in [2.05, 4.69) is 20.0 Å². The number of aromatic nitrogens is 4. The second-order valence-electron chi connectivity index (χ2n) is 7.33. The zero-order valence-electron chi connectivity index (χ0n) is 15.0. The molecule has 0 radical (unpaired) electrons. The summed E-state index contributed by atoms with van der Waals surface area (Å²) < 4.78 is 32.2. The lowest BCUT2D eigenvalue weighted by Crippen LogP contribution is -2.67. The first kappa shape index (κ1) is 17.4. The van der Waals surface area contributed by atoms with Crippen LogP contribution in [-0.2, 0) is 23.4 Å². The summed E-state index contributed by atoms with van der Waals surface area (Å²) >= 11 is 0. The molecule has 2 aromatic rings. The number of sulfone groups is 1. The Balaban J connectivity index is 1.43. The number of rotatable bonds is 5. The van der Waals surface area contributed by atoms with Crippen LogP contribution in [0.4, 0.5) is 0 Å². The molecule has 0 unspecified atom stereocenters. The fourth-order valence-corrected chi connectivity index (χ4v) is 6.47. The molecule has 8 nitrogen and oxygen atoms in total. The molecular formula is C17H23N5O3S. The minimum Gasteiger partial charge on any atom is -0.463 e.